The van der Waals surface area contributed by atoms with E-state index in [-0.39, 0.29) is 18.5 Å². The van der Waals surface area contributed by atoms with E-state index in [1.807, 2.05) is 54.6 Å². The molecular weight excluding hydrogens is 422 g/mol. The van der Waals surface area contributed by atoms with E-state index in [1.54, 1.807) is 13.8 Å². The predicted molar refractivity (Wildman–Crippen MR) is 123 cm³/mol. The maximum absolute atomic E-state index is 12.9. The van der Waals surface area contributed by atoms with Crippen molar-refractivity contribution in [1.29, 1.82) is 0 Å². The van der Waals surface area contributed by atoms with Crippen molar-refractivity contribution < 1.29 is 23.6 Å². The third kappa shape index (κ3) is 4.75. The molecular formula is C25H27N3O5. The van der Waals surface area contributed by atoms with Crippen molar-refractivity contribution in [2.45, 2.75) is 20.4 Å². The number of benzene rings is 2. The third-order valence-corrected chi connectivity index (χ3v) is 5.63. The standard InChI is InChI=1S/C25H27N3O5/c1-4-32-25(30)28(21-8-6-5-7-9-21)22-17(2)26-33-23(22)19-12-10-18(11-13-19)14-27-15-20(16-27)24(29)31-3/h5-13,20H,4,14-16H2,1-3H3. The second kappa shape index (κ2) is 9.87. The summed E-state index contributed by atoms with van der Waals surface area (Å²) in [5.41, 5.74) is 3.72. The van der Waals surface area contributed by atoms with Gasteiger partial charge in [0.25, 0.3) is 0 Å². The Morgan fingerprint density at radius 1 is 1.12 bits per heavy atom. The molecule has 1 amide bonds. The topological polar surface area (TPSA) is 85.1 Å². The fourth-order valence-electron chi connectivity index (χ4n) is 3.94. The number of likely N-dealkylation sites (tertiary alicyclic amines) is 1. The van der Waals surface area contributed by atoms with Gasteiger partial charge in [0.2, 0.25) is 0 Å². The van der Waals surface area contributed by atoms with Gasteiger partial charge >= 0.3 is 12.1 Å². The lowest BCUT2D eigenvalue weighted by molar-refractivity contribution is -0.151. The number of aromatic nitrogens is 1. The lowest BCUT2D eigenvalue weighted by Gasteiger charge is -2.37. The summed E-state index contributed by atoms with van der Waals surface area (Å²) in [7, 11) is 1.42. The zero-order valence-corrected chi connectivity index (χ0v) is 19.0. The molecule has 0 N–H and O–H groups in total. The normalized spacial score (nSPS) is 13.9. The summed E-state index contributed by atoms with van der Waals surface area (Å²) in [6.07, 6.45) is -0.495. The molecule has 1 aliphatic rings. The van der Waals surface area contributed by atoms with Gasteiger partial charge in [-0.3, -0.25) is 9.69 Å². The number of hydrogen-bond donors (Lipinski definition) is 0. The molecule has 172 valence electrons. The average Bonchev–Trinajstić information content (AvgIpc) is 3.18. The number of esters is 1. The van der Waals surface area contributed by atoms with Gasteiger partial charge in [0.05, 0.1) is 25.3 Å². The minimum atomic E-state index is -0.495. The first-order chi connectivity index (χ1) is 16.0. The zero-order chi connectivity index (χ0) is 23.4. The van der Waals surface area contributed by atoms with Gasteiger partial charge in [-0.25, -0.2) is 9.69 Å². The minimum absolute atomic E-state index is 0.0409. The van der Waals surface area contributed by atoms with Crippen LogP contribution < -0.4 is 4.90 Å². The Bertz CT molecular complexity index is 1100. The highest BCUT2D eigenvalue weighted by Crippen LogP contribution is 2.38. The van der Waals surface area contributed by atoms with Gasteiger partial charge in [-0.15, -0.1) is 0 Å². The first-order valence-corrected chi connectivity index (χ1v) is 10.9. The number of amides is 1. The van der Waals surface area contributed by atoms with Crippen molar-refractivity contribution in [3.63, 3.8) is 0 Å². The van der Waals surface area contributed by atoms with E-state index < -0.39 is 6.09 Å². The second-order valence-corrected chi connectivity index (χ2v) is 7.93. The summed E-state index contributed by atoms with van der Waals surface area (Å²) in [6, 6.07) is 17.2. The highest BCUT2D eigenvalue weighted by molar-refractivity contribution is 6.00. The minimum Gasteiger partial charge on any atom is -0.469 e. The van der Waals surface area contributed by atoms with Crippen LogP contribution in [0.15, 0.2) is 59.1 Å². The molecule has 0 saturated carbocycles. The van der Waals surface area contributed by atoms with E-state index in [0.717, 1.165) is 17.7 Å². The second-order valence-electron chi connectivity index (χ2n) is 7.93. The zero-order valence-electron chi connectivity index (χ0n) is 19.0. The molecule has 0 spiro atoms. The van der Waals surface area contributed by atoms with Crippen LogP contribution in [0.2, 0.25) is 0 Å². The number of hydrogen-bond acceptors (Lipinski definition) is 7. The number of rotatable bonds is 7. The molecule has 2 aromatic carbocycles. The Labute approximate surface area is 192 Å². The van der Waals surface area contributed by atoms with Crippen LogP contribution in [0, 0.1) is 12.8 Å². The quantitative estimate of drug-likeness (QED) is 0.489. The van der Waals surface area contributed by atoms with Gasteiger partial charge in [0.15, 0.2) is 5.76 Å². The van der Waals surface area contributed by atoms with Crippen LogP contribution in [0.1, 0.15) is 18.2 Å². The molecule has 1 saturated heterocycles. The first-order valence-electron chi connectivity index (χ1n) is 10.9. The van der Waals surface area contributed by atoms with E-state index in [4.69, 9.17) is 14.0 Å². The monoisotopic (exact) mass is 449 g/mol. The Balaban J connectivity index is 1.57. The summed E-state index contributed by atoms with van der Waals surface area (Å²) in [5.74, 6) is 0.297. The Morgan fingerprint density at radius 3 is 2.45 bits per heavy atom. The summed E-state index contributed by atoms with van der Waals surface area (Å²) in [5, 5.41) is 4.13. The molecule has 8 nitrogen and oxygen atoms in total. The van der Waals surface area contributed by atoms with E-state index in [9.17, 15) is 9.59 Å². The van der Waals surface area contributed by atoms with Gasteiger partial charge in [-0.1, -0.05) is 47.6 Å². The van der Waals surface area contributed by atoms with Crippen LogP contribution in [0.3, 0.4) is 0 Å². The molecule has 0 bridgehead atoms. The van der Waals surface area contributed by atoms with Crippen molar-refractivity contribution in [3.8, 4) is 11.3 Å². The maximum Gasteiger partial charge on any atom is 0.419 e. The Hall–Kier alpha value is -3.65. The highest BCUT2D eigenvalue weighted by Gasteiger charge is 2.33. The predicted octanol–water partition coefficient (Wildman–Crippen LogP) is 4.55. The fourth-order valence-corrected chi connectivity index (χ4v) is 3.94. The number of nitrogens with zero attached hydrogens (tertiary/aromatic N) is 3. The fraction of sp³-hybridized carbons (Fsp3) is 0.320. The Kier molecular flexibility index (Phi) is 6.74. The van der Waals surface area contributed by atoms with Crippen molar-refractivity contribution in [2.24, 2.45) is 5.92 Å². The SMILES string of the molecule is CCOC(=O)N(c1ccccc1)c1c(C)noc1-c1ccc(CN2CC(C(=O)OC)C2)cc1. The van der Waals surface area contributed by atoms with Gasteiger partial charge in [-0.2, -0.15) is 0 Å². The smallest absolute Gasteiger partial charge is 0.419 e. The molecule has 1 aromatic heterocycles. The van der Waals surface area contributed by atoms with E-state index in [1.165, 1.54) is 12.0 Å². The maximum atomic E-state index is 12.9. The van der Waals surface area contributed by atoms with Crippen LogP contribution >= 0.6 is 0 Å². The molecule has 1 aliphatic heterocycles. The summed E-state index contributed by atoms with van der Waals surface area (Å²) >= 11 is 0. The van der Waals surface area contributed by atoms with Crippen molar-refractivity contribution in [3.05, 3.63) is 65.9 Å². The molecule has 2 heterocycles. The van der Waals surface area contributed by atoms with Crippen LogP contribution in [-0.2, 0) is 20.8 Å². The number of carbonyl (C=O) groups excluding carboxylic acids is 2. The summed E-state index contributed by atoms with van der Waals surface area (Å²) < 4.78 is 15.8. The molecule has 3 aromatic rings. The van der Waals surface area contributed by atoms with E-state index >= 15 is 0 Å². The first kappa shape index (κ1) is 22.5. The molecule has 33 heavy (non-hydrogen) atoms. The van der Waals surface area contributed by atoms with Crippen molar-refractivity contribution in [1.82, 2.24) is 10.1 Å². The highest BCUT2D eigenvalue weighted by atomic mass is 16.6. The van der Waals surface area contributed by atoms with Crippen LogP contribution in [0.25, 0.3) is 11.3 Å². The van der Waals surface area contributed by atoms with E-state index in [2.05, 4.69) is 10.1 Å². The van der Waals surface area contributed by atoms with Gasteiger partial charge in [-0.05, 0) is 31.5 Å². The lowest BCUT2D eigenvalue weighted by Crippen LogP contribution is -2.49. The lowest BCUT2D eigenvalue weighted by atomic mass is 9.99. The number of methoxy groups -OCH3 is 1. The number of carbonyl (C=O) groups is 2. The number of anilines is 2. The number of ether oxygens (including phenoxy) is 2. The van der Waals surface area contributed by atoms with Gasteiger partial charge < -0.3 is 14.0 Å². The number of aryl methyl sites for hydroxylation is 1. The molecule has 4 rings (SSSR count). The molecule has 0 aliphatic carbocycles. The molecule has 1 fully saturated rings. The van der Waals surface area contributed by atoms with Gasteiger partial charge in [0.1, 0.15) is 11.4 Å². The molecule has 0 unspecified atom stereocenters. The average molecular weight is 450 g/mol. The third-order valence-electron chi connectivity index (χ3n) is 5.63. The molecule has 0 radical (unpaired) electrons. The van der Waals surface area contributed by atoms with E-state index in [0.29, 0.717) is 35.9 Å². The van der Waals surface area contributed by atoms with Gasteiger partial charge in [0, 0.05) is 25.2 Å². The molecule has 0 atom stereocenters. The number of para-hydroxylation sites is 1. The largest absolute Gasteiger partial charge is 0.469 e. The van der Waals surface area contributed by atoms with Crippen molar-refractivity contribution in [2.75, 3.05) is 31.7 Å². The van der Waals surface area contributed by atoms with Crippen molar-refractivity contribution >= 4 is 23.4 Å². The Morgan fingerprint density at radius 2 is 1.82 bits per heavy atom. The summed E-state index contributed by atoms with van der Waals surface area (Å²) in [4.78, 5) is 28.1. The van der Waals surface area contributed by atoms with Crippen LogP contribution in [0.5, 0.6) is 0 Å². The van der Waals surface area contributed by atoms with Crippen LogP contribution in [-0.4, -0.2) is 48.9 Å². The summed E-state index contributed by atoms with van der Waals surface area (Å²) in [6.45, 7) is 5.97. The molecule has 8 heteroatoms. The van der Waals surface area contributed by atoms with Crippen LogP contribution in [0.4, 0.5) is 16.2 Å².